The number of hydrogen-bond donors (Lipinski definition) is 5. The number of carboxylic acids is 3. The van der Waals surface area contributed by atoms with Crippen LogP contribution in [0.25, 0.3) is 0 Å². The fraction of sp³-hybridized carbons (Fsp3) is 0.333. The number of carbonyl (C=O) groups is 4. The zero-order chi connectivity index (χ0) is 18.1. The molecular formula is C15H18N2O7. The van der Waals surface area contributed by atoms with Crippen molar-refractivity contribution in [2.45, 2.75) is 31.3 Å². The standard InChI is InChI=1S/C15H18N2O7/c18-12(19)7-6-10(13(20)21)16-15(24)17-11(14(22)23)8-9-4-2-1-3-5-9/h1-5,10-11H,6-8H2,(H,18,19)(H,20,21)(H,22,23)(H2,16,17,24)/t10?,11-/m0/s1. The Balaban J connectivity index is 2.65. The summed E-state index contributed by atoms with van der Waals surface area (Å²) >= 11 is 0. The zero-order valence-electron chi connectivity index (χ0n) is 12.6. The Bertz CT molecular complexity index is 603. The third kappa shape index (κ3) is 6.77. The fourth-order valence-corrected chi connectivity index (χ4v) is 1.93. The molecule has 1 aromatic rings. The first-order chi connectivity index (χ1) is 11.3. The van der Waals surface area contributed by atoms with Gasteiger partial charge in [-0.1, -0.05) is 30.3 Å². The average Bonchev–Trinajstić information content (AvgIpc) is 2.51. The van der Waals surface area contributed by atoms with Crippen LogP contribution >= 0.6 is 0 Å². The molecular weight excluding hydrogens is 320 g/mol. The molecule has 0 spiro atoms. The quantitative estimate of drug-likeness (QED) is 0.434. The van der Waals surface area contributed by atoms with Gasteiger partial charge in [0, 0.05) is 12.8 Å². The van der Waals surface area contributed by atoms with E-state index in [0.29, 0.717) is 5.56 Å². The minimum atomic E-state index is -1.42. The van der Waals surface area contributed by atoms with Crippen LogP contribution in [0.1, 0.15) is 18.4 Å². The molecule has 5 N–H and O–H groups in total. The average molecular weight is 338 g/mol. The van der Waals surface area contributed by atoms with Gasteiger partial charge in [0.2, 0.25) is 0 Å². The van der Waals surface area contributed by atoms with E-state index in [1.165, 1.54) is 0 Å². The lowest BCUT2D eigenvalue weighted by Crippen LogP contribution is -2.51. The number of carbonyl (C=O) groups excluding carboxylic acids is 1. The van der Waals surface area contributed by atoms with E-state index in [2.05, 4.69) is 10.6 Å². The first-order valence-corrected chi connectivity index (χ1v) is 7.08. The summed E-state index contributed by atoms with van der Waals surface area (Å²) in [6.45, 7) is 0. The van der Waals surface area contributed by atoms with E-state index in [-0.39, 0.29) is 12.8 Å². The highest BCUT2D eigenvalue weighted by Crippen LogP contribution is 2.04. The van der Waals surface area contributed by atoms with Crippen molar-refractivity contribution in [3.05, 3.63) is 35.9 Å². The summed E-state index contributed by atoms with van der Waals surface area (Å²) in [7, 11) is 0. The number of nitrogens with one attached hydrogen (secondary N) is 2. The van der Waals surface area contributed by atoms with E-state index >= 15 is 0 Å². The Morgan fingerprint density at radius 1 is 0.875 bits per heavy atom. The summed E-state index contributed by atoms with van der Waals surface area (Å²) < 4.78 is 0. The third-order valence-electron chi connectivity index (χ3n) is 3.14. The predicted molar refractivity (Wildman–Crippen MR) is 81.5 cm³/mol. The Labute approximate surface area is 137 Å². The molecule has 0 bridgehead atoms. The van der Waals surface area contributed by atoms with Crippen LogP contribution in [0.2, 0.25) is 0 Å². The van der Waals surface area contributed by atoms with Crippen LogP contribution < -0.4 is 10.6 Å². The molecule has 0 radical (unpaired) electrons. The lowest BCUT2D eigenvalue weighted by molar-refractivity contribution is -0.140. The number of urea groups is 1. The summed E-state index contributed by atoms with van der Waals surface area (Å²) in [4.78, 5) is 44.5. The fourth-order valence-electron chi connectivity index (χ4n) is 1.93. The van der Waals surface area contributed by atoms with Crippen LogP contribution in [0, 0.1) is 0 Å². The molecule has 0 aliphatic carbocycles. The maximum absolute atomic E-state index is 11.8. The van der Waals surface area contributed by atoms with Crippen molar-refractivity contribution in [2.24, 2.45) is 0 Å². The van der Waals surface area contributed by atoms with Crippen LogP contribution in [0.4, 0.5) is 4.79 Å². The third-order valence-corrected chi connectivity index (χ3v) is 3.14. The van der Waals surface area contributed by atoms with E-state index in [9.17, 15) is 19.2 Å². The molecule has 0 heterocycles. The maximum Gasteiger partial charge on any atom is 0.326 e. The monoisotopic (exact) mass is 338 g/mol. The molecule has 0 aliphatic heterocycles. The summed E-state index contributed by atoms with van der Waals surface area (Å²) in [6.07, 6.45) is -0.728. The van der Waals surface area contributed by atoms with E-state index in [1.807, 2.05) is 0 Å². The van der Waals surface area contributed by atoms with Crippen molar-refractivity contribution in [1.29, 1.82) is 0 Å². The minimum Gasteiger partial charge on any atom is -0.481 e. The molecule has 0 fully saturated rings. The van der Waals surface area contributed by atoms with Crippen molar-refractivity contribution in [2.75, 3.05) is 0 Å². The molecule has 2 amide bonds. The van der Waals surface area contributed by atoms with Gasteiger partial charge in [-0.25, -0.2) is 14.4 Å². The van der Waals surface area contributed by atoms with E-state index in [0.717, 1.165) is 0 Å². The molecule has 9 nitrogen and oxygen atoms in total. The van der Waals surface area contributed by atoms with Gasteiger partial charge in [-0.3, -0.25) is 4.79 Å². The topological polar surface area (TPSA) is 153 Å². The Hall–Kier alpha value is -3.10. The van der Waals surface area contributed by atoms with E-state index in [1.54, 1.807) is 30.3 Å². The van der Waals surface area contributed by atoms with Crippen molar-refractivity contribution in [1.82, 2.24) is 10.6 Å². The van der Waals surface area contributed by atoms with Gasteiger partial charge in [-0.05, 0) is 12.0 Å². The second-order valence-electron chi connectivity index (χ2n) is 5.02. The molecule has 24 heavy (non-hydrogen) atoms. The minimum absolute atomic E-state index is 0.0243. The normalized spacial score (nSPS) is 12.7. The Kier molecular flexibility index (Phi) is 7.21. The highest BCUT2D eigenvalue weighted by atomic mass is 16.4. The van der Waals surface area contributed by atoms with Gasteiger partial charge in [-0.2, -0.15) is 0 Å². The van der Waals surface area contributed by atoms with Crippen LogP contribution in [-0.2, 0) is 20.8 Å². The Morgan fingerprint density at radius 2 is 1.42 bits per heavy atom. The van der Waals surface area contributed by atoms with E-state index < -0.39 is 42.4 Å². The first kappa shape index (κ1) is 18.9. The van der Waals surface area contributed by atoms with Gasteiger partial charge in [0.15, 0.2) is 0 Å². The number of benzene rings is 1. The van der Waals surface area contributed by atoms with Crippen LogP contribution in [0.15, 0.2) is 30.3 Å². The molecule has 0 aliphatic rings. The number of rotatable bonds is 9. The summed E-state index contributed by atoms with van der Waals surface area (Å²) in [5, 5.41) is 30.9. The van der Waals surface area contributed by atoms with Crippen LogP contribution in [0.3, 0.4) is 0 Å². The van der Waals surface area contributed by atoms with Crippen molar-refractivity contribution in [3.63, 3.8) is 0 Å². The lowest BCUT2D eigenvalue weighted by Gasteiger charge is -2.18. The molecule has 1 unspecified atom stereocenters. The van der Waals surface area contributed by atoms with E-state index in [4.69, 9.17) is 15.3 Å². The smallest absolute Gasteiger partial charge is 0.326 e. The highest BCUT2D eigenvalue weighted by Gasteiger charge is 2.25. The number of carboxylic acid groups (broad SMARTS) is 3. The highest BCUT2D eigenvalue weighted by molar-refractivity contribution is 5.86. The van der Waals surface area contributed by atoms with Gasteiger partial charge >= 0.3 is 23.9 Å². The molecule has 130 valence electrons. The van der Waals surface area contributed by atoms with Crippen LogP contribution in [-0.4, -0.2) is 51.3 Å². The molecule has 2 atom stereocenters. The molecule has 9 heteroatoms. The van der Waals surface area contributed by atoms with Crippen molar-refractivity contribution < 1.29 is 34.5 Å². The summed E-state index contributed by atoms with van der Waals surface area (Å²) in [5.74, 6) is -3.87. The van der Waals surface area contributed by atoms with Crippen molar-refractivity contribution in [3.8, 4) is 0 Å². The van der Waals surface area contributed by atoms with Gasteiger partial charge in [0.25, 0.3) is 0 Å². The number of aliphatic carboxylic acids is 3. The van der Waals surface area contributed by atoms with Crippen molar-refractivity contribution >= 4 is 23.9 Å². The molecule has 0 saturated carbocycles. The SMILES string of the molecule is O=C(O)CCC(NC(=O)N[C@@H](Cc1ccccc1)C(=O)O)C(=O)O. The number of hydrogen-bond acceptors (Lipinski definition) is 4. The van der Waals surface area contributed by atoms with Gasteiger partial charge in [0.1, 0.15) is 12.1 Å². The second kappa shape index (κ2) is 9.13. The second-order valence-corrected chi connectivity index (χ2v) is 5.02. The molecule has 0 saturated heterocycles. The largest absolute Gasteiger partial charge is 0.481 e. The van der Waals surface area contributed by atoms with Gasteiger partial charge in [-0.15, -0.1) is 0 Å². The summed E-state index contributed by atoms with van der Waals surface area (Å²) in [6, 6.07) is 4.94. The molecule has 1 aromatic carbocycles. The zero-order valence-corrected chi connectivity index (χ0v) is 12.6. The first-order valence-electron chi connectivity index (χ1n) is 7.08. The van der Waals surface area contributed by atoms with Crippen LogP contribution in [0.5, 0.6) is 0 Å². The molecule has 1 rings (SSSR count). The Morgan fingerprint density at radius 3 is 1.92 bits per heavy atom. The lowest BCUT2D eigenvalue weighted by atomic mass is 10.1. The number of amides is 2. The maximum atomic E-state index is 11.8. The predicted octanol–water partition coefficient (Wildman–Crippen LogP) is 0.299. The molecule has 0 aromatic heterocycles. The van der Waals surface area contributed by atoms with Gasteiger partial charge in [0.05, 0.1) is 0 Å². The van der Waals surface area contributed by atoms with Gasteiger partial charge < -0.3 is 26.0 Å². The summed E-state index contributed by atoms with van der Waals surface area (Å²) in [5.41, 5.74) is 0.686.